The number of amides is 2. The second-order valence-electron chi connectivity index (χ2n) is 6.52. The topological polar surface area (TPSA) is 102 Å². The molecule has 1 atom stereocenters. The lowest BCUT2D eigenvalue weighted by atomic mass is 10.1. The number of methoxy groups -OCH3 is 1. The molecule has 2 aromatic rings. The second-order valence-corrected chi connectivity index (χ2v) is 6.52. The number of likely N-dealkylation sites (tertiary alicyclic amines) is 1. The third kappa shape index (κ3) is 4.28. The van der Waals surface area contributed by atoms with Gasteiger partial charge in [-0.25, -0.2) is 0 Å². The maximum Gasteiger partial charge on any atom is 0.311 e. The second kappa shape index (κ2) is 8.51. The number of ether oxygens (including phenoxy) is 1. The van der Waals surface area contributed by atoms with E-state index in [1.807, 2.05) is 30.3 Å². The van der Waals surface area contributed by atoms with E-state index in [0.29, 0.717) is 19.5 Å². The van der Waals surface area contributed by atoms with Gasteiger partial charge in [-0.3, -0.25) is 19.7 Å². The Labute approximate surface area is 162 Å². The van der Waals surface area contributed by atoms with Gasteiger partial charge in [-0.1, -0.05) is 30.3 Å². The monoisotopic (exact) mass is 383 g/mol. The molecule has 1 unspecified atom stereocenters. The van der Waals surface area contributed by atoms with E-state index in [4.69, 9.17) is 4.74 Å². The van der Waals surface area contributed by atoms with E-state index in [1.165, 1.54) is 25.3 Å². The van der Waals surface area contributed by atoms with E-state index < -0.39 is 16.9 Å². The lowest BCUT2D eigenvalue weighted by molar-refractivity contribution is -0.385. The zero-order chi connectivity index (χ0) is 20.1. The van der Waals surface area contributed by atoms with Gasteiger partial charge in [-0.2, -0.15) is 0 Å². The van der Waals surface area contributed by atoms with Crippen LogP contribution in [0.25, 0.3) is 0 Å². The van der Waals surface area contributed by atoms with Crippen molar-refractivity contribution < 1.29 is 19.2 Å². The van der Waals surface area contributed by atoms with Crippen LogP contribution in [0.5, 0.6) is 5.75 Å². The summed E-state index contributed by atoms with van der Waals surface area (Å²) in [4.78, 5) is 37.1. The Morgan fingerprint density at radius 3 is 2.64 bits per heavy atom. The average molecular weight is 383 g/mol. The van der Waals surface area contributed by atoms with Crippen molar-refractivity contribution in [1.82, 2.24) is 10.2 Å². The van der Waals surface area contributed by atoms with Gasteiger partial charge in [0.05, 0.1) is 18.1 Å². The molecule has 0 bridgehead atoms. The highest BCUT2D eigenvalue weighted by atomic mass is 16.6. The standard InChI is InChI=1S/C20H21N3O5/c1-28-18-10-9-15(12-17(18)23(26)27)20(25)21-16(14-6-3-2-4-7-14)13-22-11-5-8-19(22)24/h2-4,6-7,9-10,12,16H,5,8,11,13H2,1H3,(H,21,25). The van der Waals surface area contributed by atoms with Gasteiger partial charge in [-0.05, 0) is 24.1 Å². The fourth-order valence-corrected chi connectivity index (χ4v) is 3.25. The van der Waals surface area contributed by atoms with E-state index in [-0.39, 0.29) is 22.9 Å². The largest absolute Gasteiger partial charge is 0.490 e. The predicted octanol–water partition coefficient (Wildman–Crippen LogP) is 2.70. The van der Waals surface area contributed by atoms with E-state index in [9.17, 15) is 19.7 Å². The normalized spacial score (nSPS) is 14.6. The summed E-state index contributed by atoms with van der Waals surface area (Å²) >= 11 is 0. The summed E-state index contributed by atoms with van der Waals surface area (Å²) in [6.45, 7) is 1.01. The Balaban J connectivity index is 1.84. The summed E-state index contributed by atoms with van der Waals surface area (Å²) in [6.07, 6.45) is 1.32. The van der Waals surface area contributed by atoms with Crippen LogP contribution in [0.4, 0.5) is 5.69 Å². The number of nitrogens with one attached hydrogen (secondary N) is 1. The van der Waals surface area contributed by atoms with Crippen LogP contribution in [0.15, 0.2) is 48.5 Å². The Morgan fingerprint density at radius 2 is 2.04 bits per heavy atom. The molecule has 2 aromatic carbocycles. The number of rotatable bonds is 7. The van der Waals surface area contributed by atoms with Crippen molar-refractivity contribution in [2.45, 2.75) is 18.9 Å². The molecule has 1 aliphatic heterocycles. The summed E-state index contributed by atoms with van der Waals surface area (Å²) in [6, 6.07) is 13.0. The minimum absolute atomic E-state index is 0.0651. The molecule has 0 spiro atoms. The fourth-order valence-electron chi connectivity index (χ4n) is 3.25. The van der Waals surface area contributed by atoms with Gasteiger partial charge in [-0.15, -0.1) is 0 Å². The molecular weight excluding hydrogens is 362 g/mol. The molecule has 8 nitrogen and oxygen atoms in total. The first-order valence-electron chi connectivity index (χ1n) is 8.95. The minimum atomic E-state index is -0.590. The Kier molecular flexibility index (Phi) is 5.88. The Hall–Kier alpha value is -3.42. The van der Waals surface area contributed by atoms with Crippen LogP contribution in [0, 0.1) is 10.1 Å². The van der Waals surface area contributed by atoms with Gasteiger partial charge in [0.2, 0.25) is 5.91 Å². The molecule has 0 saturated carbocycles. The van der Waals surface area contributed by atoms with Crippen molar-refractivity contribution in [3.63, 3.8) is 0 Å². The number of benzene rings is 2. The number of carbonyl (C=O) groups excluding carboxylic acids is 2. The van der Waals surface area contributed by atoms with Crippen molar-refractivity contribution in [3.05, 3.63) is 69.8 Å². The molecule has 1 saturated heterocycles. The first-order valence-corrected chi connectivity index (χ1v) is 8.95. The summed E-state index contributed by atoms with van der Waals surface area (Å²) in [5.41, 5.74) is 0.737. The third-order valence-corrected chi connectivity index (χ3v) is 4.72. The molecule has 28 heavy (non-hydrogen) atoms. The number of hydrogen-bond donors (Lipinski definition) is 1. The van der Waals surface area contributed by atoms with Gasteiger partial charge < -0.3 is 15.0 Å². The number of nitro groups is 1. The smallest absolute Gasteiger partial charge is 0.311 e. The van der Waals surface area contributed by atoms with Crippen LogP contribution in [-0.4, -0.2) is 41.8 Å². The number of hydrogen-bond acceptors (Lipinski definition) is 5. The maximum atomic E-state index is 12.8. The molecule has 0 aliphatic carbocycles. The molecule has 1 aliphatic rings. The van der Waals surface area contributed by atoms with Crippen LogP contribution in [0.2, 0.25) is 0 Å². The quantitative estimate of drug-likeness (QED) is 0.585. The summed E-state index contributed by atoms with van der Waals surface area (Å²) in [5.74, 6) is -0.301. The molecule has 1 heterocycles. The van der Waals surface area contributed by atoms with E-state index in [1.54, 1.807) is 4.90 Å². The molecule has 0 radical (unpaired) electrons. The van der Waals surface area contributed by atoms with Gasteiger partial charge in [0, 0.05) is 31.1 Å². The first kappa shape index (κ1) is 19.3. The van der Waals surface area contributed by atoms with Crippen molar-refractivity contribution in [2.24, 2.45) is 0 Å². The van der Waals surface area contributed by atoms with Crippen LogP contribution >= 0.6 is 0 Å². The molecule has 2 amide bonds. The van der Waals surface area contributed by atoms with E-state index >= 15 is 0 Å². The SMILES string of the molecule is COc1ccc(C(=O)NC(CN2CCCC2=O)c2ccccc2)cc1[N+](=O)[O-]. The van der Waals surface area contributed by atoms with Crippen molar-refractivity contribution in [1.29, 1.82) is 0 Å². The van der Waals surface area contributed by atoms with Crippen molar-refractivity contribution in [3.8, 4) is 5.75 Å². The van der Waals surface area contributed by atoms with Crippen LogP contribution in [0.3, 0.4) is 0 Å². The number of nitrogens with zero attached hydrogens (tertiary/aromatic N) is 2. The highest BCUT2D eigenvalue weighted by Gasteiger charge is 2.26. The first-order chi connectivity index (χ1) is 13.5. The Morgan fingerprint density at radius 1 is 1.29 bits per heavy atom. The third-order valence-electron chi connectivity index (χ3n) is 4.72. The highest BCUT2D eigenvalue weighted by molar-refractivity contribution is 5.95. The fraction of sp³-hybridized carbons (Fsp3) is 0.300. The van der Waals surface area contributed by atoms with Crippen LogP contribution < -0.4 is 10.1 Å². The molecule has 0 aromatic heterocycles. The van der Waals surface area contributed by atoms with Crippen molar-refractivity contribution in [2.75, 3.05) is 20.2 Å². The molecule has 146 valence electrons. The van der Waals surface area contributed by atoms with Crippen LogP contribution in [0.1, 0.15) is 34.8 Å². The molecular formula is C20H21N3O5. The molecule has 1 fully saturated rings. The van der Waals surface area contributed by atoms with Gasteiger partial charge in [0.25, 0.3) is 5.91 Å². The lowest BCUT2D eigenvalue weighted by Crippen LogP contribution is -2.38. The Bertz CT molecular complexity index is 885. The van der Waals surface area contributed by atoms with Crippen molar-refractivity contribution >= 4 is 17.5 Å². The predicted molar refractivity (Wildman–Crippen MR) is 102 cm³/mol. The lowest BCUT2D eigenvalue weighted by Gasteiger charge is -2.25. The van der Waals surface area contributed by atoms with E-state index in [2.05, 4.69) is 5.32 Å². The van der Waals surface area contributed by atoms with E-state index in [0.717, 1.165) is 12.0 Å². The highest BCUT2D eigenvalue weighted by Crippen LogP contribution is 2.28. The van der Waals surface area contributed by atoms with Gasteiger partial charge >= 0.3 is 5.69 Å². The zero-order valence-electron chi connectivity index (χ0n) is 15.5. The minimum Gasteiger partial charge on any atom is -0.490 e. The molecule has 8 heteroatoms. The zero-order valence-corrected chi connectivity index (χ0v) is 15.5. The molecule has 1 N–H and O–H groups in total. The maximum absolute atomic E-state index is 12.8. The average Bonchev–Trinajstić information content (AvgIpc) is 3.12. The van der Waals surface area contributed by atoms with Gasteiger partial charge in [0.1, 0.15) is 0 Å². The number of nitro benzene ring substituents is 1. The number of carbonyl (C=O) groups is 2. The summed E-state index contributed by atoms with van der Waals surface area (Å²) < 4.78 is 4.97. The summed E-state index contributed by atoms with van der Waals surface area (Å²) in [7, 11) is 1.33. The molecule has 3 rings (SSSR count). The van der Waals surface area contributed by atoms with Crippen LogP contribution in [-0.2, 0) is 4.79 Å². The summed E-state index contributed by atoms with van der Waals surface area (Å²) in [5, 5.41) is 14.1. The van der Waals surface area contributed by atoms with Gasteiger partial charge in [0.15, 0.2) is 5.75 Å².